The number of carbonyl (C=O) groups excluding carboxylic acids is 1. The van der Waals surface area contributed by atoms with Gasteiger partial charge in [-0.25, -0.2) is 0 Å². The van der Waals surface area contributed by atoms with E-state index in [1.165, 1.54) is 0 Å². The summed E-state index contributed by atoms with van der Waals surface area (Å²) in [6, 6.07) is 0. The fraction of sp³-hybridized carbons (Fsp3) is 0.786. The van der Waals surface area contributed by atoms with Crippen LogP contribution in [-0.2, 0) is 4.79 Å². The summed E-state index contributed by atoms with van der Waals surface area (Å²) in [5.41, 5.74) is 0. The van der Waals surface area contributed by atoms with Gasteiger partial charge in [-0.1, -0.05) is 6.08 Å². The second-order valence-electron chi connectivity index (χ2n) is 5.51. The van der Waals surface area contributed by atoms with E-state index in [4.69, 9.17) is 5.11 Å². The van der Waals surface area contributed by atoms with Gasteiger partial charge in [0.2, 0.25) is 5.91 Å². The van der Waals surface area contributed by atoms with Crippen molar-refractivity contribution in [2.24, 2.45) is 11.8 Å². The van der Waals surface area contributed by atoms with Crippen LogP contribution in [0, 0.1) is 11.8 Å². The molecule has 2 rings (SSSR count). The molecule has 0 saturated carbocycles. The minimum atomic E-state index is 0.246. The van der Waals surface area contributed by atoms with Gasteiger partial charge in [0.15, 0.2) is 0 Å². The summed E-state index contributed by atoms with van der Waals surface area (Å²) in [4.78, 5) is 16.1. The van der Waals surface area contributed by atoms with Crippen LogP contribution >= 0.6 is 0 Å². The number of likely N-dealkylation sites (tertiary alicyclic amines) is 2. The predicted molar refractivity (Wildman–Crippen MR) is 71.1 cm³/mol. The van der Waals surface area contributed by atoms with E-state index in [-0.39, 0.29) is 12.5 Å². The standard InChI is InChI=1S/C14H24N2O2/c1-2-12-9-14(18)16(10-12)11-13-3-5-15(6-4-13)7-8-17/h2,12-13,17H,1,3-11H2. The Labute approximate surface area is 109 Å². The van der Waals surface area contributed by atoms with Gasteiger partial charge in [0.1, 0.15) is 0 Å². The van der Waals surface area contributed by atoms with Crippen molar-refractivity contribution in [1.82, 2.24) is 9.80 Å². The third-order valence-electron chi connectivity index (χ3n) is 4.18. The highest BCUT2D eigenvalue weighted by atomic mass is 16.3. The van der Waals surface area contributed by atoms with Crippen LogP contribution in [0.3, 0.4) is 0 Å². The van der Waals surface area contributed by atoms with Gasteiger partial charge in [-0.3, -0.25) is 4.79 Å². The van der Waals surface area contributed by atoms with Crippen molar-refractivity contribution in [2.45, 2.75) is 19.3 Å². The van der Waals surface area contributed by atoms with Crippen LogP contribution in [0.5, 0.6) is 0 Å². The Morgan fingerprint density at radius 3 is 2.67 bits per heavy atom. The minimum Gasteiger partial charge on any atom is -0.395 e. The van der Waals surface area contributed by atoms with Gasteiger partial charge in [0.05, 0.1) is 6.61 Å². The molecule has 0 aromatic carbocycles. The maximum absolute atomic E-state index is 11.8. The average molecular weight is 252 g/mol. The lowest BCUT2D eigenvalue weighted by molar-refractivity contribution is -0.128. The number of aliphatic hydroxyl groups excluding tert-OH is 1. The molecule has 1 unspecified atom stereocenters. The topological polar surface area (TPSA) is 43.8 Å². The highest BCUT2D eigenvalue weighted by Crippen LogP contribution is 2.23. The van der Waals surface area contributed by atoms with E-state index in [0.29, 0.717) is 18.3 Å². The Bertz CT molecular complexity index is 298. The first-order valence-electron chi connectivity index (χ1n) is 6.96. The van der Waals surface area contributed by atoms with Gasteiger partial charge < -0.3 is 14.9 Å². The van der Waals surface area contributed by atoms with Gasteiger partial charge >= 0.3 is 0 Å². The number of hydrogen-bond donors (Lipinski definition) is 1. The highest BCUT2D eigenvalue weighted by molar-refractivity contribution is 5.78. The van der Waals surface area contributed by atoms with E-state index in [9.17, 15) is 4.79 Å². The molecular formula is C14H24N2O2. The van der Waals surface area contributed by atoms with Gasteiger partial charge in [0.25, 0.3) is 0 Å². The monoisotopic (exact) mass is 252 g/mol. The second-order valence-corrected chi connectivity index (χ2v) is 5.51. The SMILES string of the molecule is C=CC1CC(=O)N(CC2CCN(CCO)CC2)C1. The van der Waals surface area contributed by atoms with E-state index in [1.54, 1.807) is 0 Å². The zero-order valence-corrected chi connectivity index (χ0v) is 11.1. The Morgan fingerprint density at radius 2 is 2.11 bits per heavy atom. The smallest absolute Gasteiger partial charge is 0.223 e. The van der Waals surface area contributed by atoms with Gasteiger partial charge in [-0.05, 0) is 31.8 Å². The minimum absolute atomic E-state index is 0.246. The van der Waals surface area contributed by atoms with Crippen LogP contribution in [0.4, 0.5) is 0 Å². The van der Waals surface area contributed by atoms with Crippen molar-refractivity contribution < 1.29 is 9.90 Å². The van der Waals surface area contributed by atoms with Crippen molar-refractivity contribution in [3.05, 3.63) is 12.7 Å². The summed E-state index contributed by atoms with van der Waals surface area (Å²) in [5.74, 6) is 1.28. The second kappa shape index (κ2) is 6.34. The van der Waals surface area contributed by atoms with Gasteiger partial charge in [0, 0.05) is 32.0 Å². The summed E-state index contributed by atoms with van der Waals surface area (Å²) in [6.45, 7) is 8.69. The fourth-order valence-electron chi connectivity index (χ4n) is 2.98. The molecule has 18 heavy (non-hydrogen) atoms. The molecule has 2 aliphatic heterocycles. The summed E-state index contributed by atoms with van der Waals surface area (Å²) in [5, 5.41) is 8.90. The molecule has 0 aromatic rings. The Kier molecular flexibility index (Phi) is 4.78. The molecule has 0 bridgehead atoms. The number of aliphatic hydroxyl groups is 1. The van der Waals surface area contributed by atoms with Crippen LogP contribution in [0.1, 0.15) is 19.3 Å². The van der Waals surface area contributed by atoms with Gasteiger partial charge in [-0.15, -0.1) is 6.58 Å². The summed E-state index contributed by atoms with van der Waals surface area (Å²) in [6.07, 6.45) is 4.83. The van der Waals surface area contributed by atoms with Crippen molar-refractivity contribution in [3.8, 4) is 0 Å². The Hall–Kier alpha value is -0.870. The number of carbonyl (C=O) groups is 1. The Morgan fingerprint density at radius 1 is 1.39 bits per heavy atom. The maximum atomic E-state index is 11.8. The lowest BCUT2D eigenvalue weighted by Crippen LogP contribution is -2.40. The van der Waals surface area contributed by atoms with Crippen molar-refractivity contribution in [3.63, 3.8) is 0 Å². The van der Waals surface area contributed by atoms with Crippen molar-refractivity contribution in [2.75, 3.05) is 39.3 Å². The van der Waals surface area contributed by atoms with Crippen LogP contribution in [-0.4, -0.2) is 60.1 Å². The predicted octanol–water partition coefficient (Wildman–Crippen LogP) is 0.725. The number of nitrogens with zero attached hydrogens (tertiary/aromatic N) is 2. The average Bonchev–Trinajstić information content (AvgIpc) is 2.73. The normalized spacial score (nSPS) is 26.8. The molecule has 1 N–H and O–H groups in total. The number of β-amino-alcohol motifs (C(OH)–C–C–N with tert-alkyl or cyclic N) is 1. The van der Waals surface area contributed by atoms with Gasteiger partial charge in [-0.2, -0.15) is 0 Å². The molecule has 4 heteroatoms. The number of hydrogen-bond acceptors (Lipinski definition) is 3. The molecule has 0 radical (unpaired) electrons. The molecule has 2 aliphatic rings. The van der Waals surface area contributed by atoms with E-state index in [2.05, 4.69) is 11.5 Å². The van der Waals surface area contributed by atoms with Crippen LogP contribution < -0.4 is 0 Å². The lowest BCUT2D eigenvalue weighted by atomic mass is 9.96. The third-order valence-corrected chi connectivity index (χ3v) is 4.18. The molecule has 0 aromatic heterocycles. The molecule has 4 nitrogen and oxygen atoms in total. The zero-order chi connectivity index (χ0) is 13.0. The summed E-state index contributed by atoms with van der Waals surface area (Å²) in [7, 11) is 0. The first-order chi connectivity index (χ1) is 8.72. The highest BCUT2D eigenvalue weighted by Gasteiger charge is 2.30. The molecular weight excluding hydrogens is 228 g/mol. The molecule has 102 valence electrons. The molecule has 2 saturated heterocycles. The van der Waals surface area contributed by atoms with E-state index >= 15 is 0 Å². The maximum Gasteiger partial charge on any atom is 0.223 e. The first kappa shape index (κ1) is 13.6. The molecule has 1 atom stereocenters. The van der Waals surface area contributed by atoms with Crippen LogP contribution in [0.2, 0.25) is 0 Å². The molecule has 2 heterocycles. The number of piperidine rings is 1. The largest absolute Gasteiger partial charge is 0.395 e. The number of rotatable bonds is 5. The van der Waals surface area contributed by atoms with Crippen LogP contribution in [0.25, 0.3) is 0 Å². The third kappa shape index (κ3) is 3.33. The van der Waals surface area contributed by atoms with E-state index < -0.39 is 0 Å². The quantitative estimate of drug-likeness (QED) is 0.733. The summed E-state index contributed by atoms with van der Waals surface area (Å²) < 4.78 is 0. The molecule has 0 spiro atoms. The summed E-state index contributed by atoms with van der Waals surface area (Å²) >= 11 is 0. The molecule has 1 amide bonds. The van der Waals surface area contributed by atoms with E-state index in [1.807, 2.05) is 11.0 Å². The van der Waals surface area contributed by atoms with E-state index in [0.717, 1.165) is 45.6 Å². The zero-order valence-electron chi connectivity index (χ0n) is 11.1. The molecule has 0 aliphatic carbocycles. The van der Waals surface area contributed by atoms with Crippen molar-refractivity contribution in [1.29, 1.82) is 0 Å². The Balaban J connectivity index is 1.75. The first-order valence-corrected chi connectivity index (χ1v) is 6.96. The number of amides is 1. The van der Waals surface area contributed by atoms with Crippen LogP contribution in [0.15, 0.2) is 12.7 Å². The lowest BCUT2D eigenvalue weighted by Gasteiger charge is -2.33. The molecule has 2 fully saturated rings. The van der Waals surface area contributed by atoms with Crippen molar-refractivity contribution >= 4 is 5.91 Å². The fourth-order valence-corrected chi connectivity index (χ4v) is 2.98.